The number of rotatable bonds is 3. The lowest BCUT2D eigenvalue weighted by Crippen LogP contribution is -2.22. The first-order chi connectivity index (χ1) is 12.1. The number of nitrogens with zero attached hydrogens (tertiary/aromatic N) is 2. The van der Waals surface area contributed by atoms with Gasteiger partial charge in [-0.1, -0.05) is 48.0 Å². The average molecular weight is 332 g/mol. The third-order valence-electron chi connectivity index (χ3n) is 4.83. The molecule has 4 rings (SSSR count). The molecule has 25 heavy (non-hydrogen) atoms. The lowest BCUT2D eigenvalue weighted by molar-refractivity contribution is 0.0699. The summed E-state index contributed by atoms with van der Waals surface area (Å²) < 4.78 is 0. The van der Waals surface area contributed by atoms with Gasteiger partial charge in [0.25, 0.3) is 0 Å². The molecule has 2 aromatic carbocycles. The molecule has 0 amide bonds. The molecule has 1 fully saturated rings. The third kappa shape index (κ3) is 2.74. The Labute approximate surface area is 146 Å². The first-order valence-corrected chi connectivity index (χ1v) is 8.63. The highest BCUT2D eigenvalue weighted by atomic mass is 16.4. The van der Waals surface area contributed by atoms with Crippen LogP contribution in [0.2, 0.25) is 0 Å². The van der Waals surface area contributed by atoms with E-state index < -0.39 is 5.97 Å². The molecule has 1 saturated heterocycles. The maximum Gasteiger partial charge on any atom is 0.338 e. The number of hydrogen-bond donors (Lipinski definition) is 1. The number of anilines is 1. The van der Waals surface area contributed by atoms with Crippen molar-refractivity contribution in [3.05, 3.63) is 59.7 Å². The molecule has 0 radical (unpaired) electrons. The second-order valence-corrected chi connectivity index (χ2v) is 6.57. The number of fused-ring (bicyclic) bond motifs is 1. The number of pyridine rings is 1. The van der Waals surface area contributed by atoms with Crippen molar-refractivity contribution < 1.29 is 9.90 Å². The molecule has 3 aromatic rings. The number of carbonyl (C=O) groups is 1. The molecule has 0 bridgehead atoms. The molecule has 0 aliphatic carbocycles. The fourth-order valence-electron chi connectivity index (χ4n) is 3.58. The number of para-hydroxylation sites is 1. The second kappa shape index (κ2) is 6.20. The summed E-state index contributed by atoms with van der Waals surface area (Å²) in [5.41, 5.74) is 4.73. The van der Waals surface area contributed by atoms with E-state index in [1.165, 1.54) is 5.56 Å². The van der Waals surface area contributed by atoms with E-state index in [0.717, 1.165) is 48.4 Å². The number of carboxylic acids is 1. The van der Waals surface area contributed by atoms with Crippen molar-refractivity contribution in [2.75, 3.05) is 18.0 Å². The lowest BCUT2D eigenvalue weighted by Gasteiger charge is -2.24. The molecule has 1 aliphatic heterocycles. The lowest BCUT2D eigenvalue weighted by atomic mass is 9.99. The van der Waals surface area contributed by atoms with Crippen LogP contribution in [-0.2, 0) is 0 Å². The number of benzene rings is 2. The highest BCUT2D eigenvalue weighted by Crippen LogP contribution is 2.38. The summed E-state index contributed by atoms with van der Waals surface area (Å²) in [5.74, 6) is -0.895. The van der Waals surface area contributed by atoms with Crippen LogP contribution >= 0.6 is 0 Å². The van der Waals surface area contributed by atoms with Crippen LogP contribution in [0.15, 0.2) is 48.5 Å². The Morgan fingerprint density at radius 1 is 1.04 bits per heavy atom. The summed E-state index contributed by atoms with van der Waals surface area (Å²) in [6, 6.07) is 15.6. The van der Waals surface area contributed by atoms with Crippen molar-refractivity contribution in [3.63, 3.8) is 0 Å². The Morgan fingerprint density at radius 3 is 2.40 bits per heavy atom. The van der Waals surface area contributed by atoms with E-state index in [-0.39, 0.29) is 0 Å². The topological polar surface area (TPSA) is 53.4 Å². The van der Waals surface area contributed by atoms with Gasteiger partial charge < -0.3 is 10.0 Å². The van der Waals surface area contributed by atoms with Crippen molar-refractivity contribution >= 4 is 22.6 Å². The Bertz CT molecular complexity index is 942. The van der Waals surface area contributed by atoms with Gasteiger partial charge in [0, 0.05) is 24.0 Å². The molecule has 0 saturated carbocycles. The zero-order chi connectivity index (χ0) is 17.4. The van der Waals surface area contributed by atoms with E-state index in [9.17, 15) is 9.90 Å². The highest BCUT2D eigenvalue weighted by Gasteiger charge is 2.26. The van der Waals surface area contributed by atoms with Crippen molar-refractivity contribution in [3.8, 4) is 11.3 Å². The second-order valence-electron chi connectivity index (χ2n) is 6.57. The van der Waals surface area contributed by atoms with Gasteiger partial charge in [-0.15, -0.1) is 0 Å². The summed E-state index contributed by atoms with van der Waals surface area (Å²) in [6.07, 6.45) is 2.17. The van der Waals surface area contributed by atoms with Gasteiger partial charge in [0.2, 0.25) is 0 Å². The number of aromatic carboxylic acids is 1. The molecule has 0 spiro atoms. The Balaban J connectivity index is 2.07. The summed E-state index contributed by atoms with van der Waals surface area (Å²) in [4.78, 5) is 19.2. The molecule has 2 heterocycles. The maximum atomic E-state index is 12.2. The molecule has 0 unspecified atom stereocenters. The number of aromatic nitrogens is 1. The summed E-state index contributed by atoms with van der Waals surface area (Å²) in [5, 5.41) is 10.7. The van der Waals surface area contributed by atoms with Crippen LogP contribution in [0, 0.1) is 6.92 Å². The molecule has 4 nitrogen and oxygen atoms in total. The molecular weight excluding hydrogens is 312 g/mol. The fraction of sp³-hybridized carbons (Fsp3) is 0.238. The van der Waals surface area contributed by atoms with Gasteiger partial charge in [-0.3, -0.25) is 0 Å². The largest absolute Gasteiger partial charge is 0.478 e. The first kappa shape index (κ1) is 15.6. The number of carboxylic acid groups (broad SMARTS) is 1. The highest BCUT2D eigenvalue weighted by molar-refractivity contribution is 6.10. The van der Waals surface area contributed by atoms with Crippen LogP contribution in [0.5, 0.6) is 0 Å². The smallest absolute Gasteiger partial charge is 0.338 e. The predicted molar refractivity (Wildman–Crippen MR) is 100 cm³/mol. The van der Waals surface area contributed by atoms with Crippen molar-refractivity contribution in [1.82, 2.24) is 4.98 Å². The Morgan fingerprint density at radius 2 is 1.72 bits per heavy atom. The molecule has 1 aliphatic rings. The van der Waals surface area contributed by atoms with E-state index in [2.05, 4.69) is 4.90 Å². The van der Waals surface area contributed by atoms with Crippen LogP contribution in [-0.4, -0.2) is 29.1 Å². The van der Waals surface area contributed by atoms with Crippen molar-refractivity contribution in [2.45, 2.75) is 19.8 Å². The van der Waals surface area contributed by atoms with Gasteiger partial charge in [-0.05, 0) is 25.8 Å². The monoisotopic (exact) mass is 332 g/mol. The zero-order valence-corrected chi connectivity index (χ0v) is 14.2. The Hall–Kier alpha value is -2.88. The van der Waals surface area contributed by atoms with Crippen molar-refractivity contribution in [1.29, 1.82) is 0 Å². The van der Waals surface area contributed by atoms with Gasteiger partial charge in [-0.25, -0.2) is 9.78 Å². The van der Waals surface area contributed by atoms with Crippen LogP contribution in [0.1, 0.15) is 28.8 Å². The van der Waals surface area contributed by atoms with E-state index in [1.807, 2.05) is 55.5 Å². The van der Waals surface area contributed by atoms with E-state index in [0.29, 0.717) is 10.9 Å². The first-order valence-electron chi connectivity index (χ1n) is 8.63. The van der Waals surface area contributed by atoms with Crippen LogP contribution in [0.3, 0.4) is 0 Å². The fourth-order valence-corrected chi connectivity index (χ4v) is 3.58. The Kier molecular flexibility index (Phi) is 3.88. The van der Waals surface area contributed by atoms with Gasteiger partial charge >= 0.3 is 5.97 Å². The quantitative estimate of drug-likeness (QED) is 0.767. The van der Waals surface area contributed by atoms with Crippen molar-refractivity contribution in [2.24, 2.45) is 0 Å². The van der Waals surface area contributed by atoms with Gasteiger partial charge in [-0.2, -0.15) is 0 Å². The van der Waals surface area contributed by atoms with Gasteiger partial charge in [0.15, 0.2) is 0 Å². The molecule has 4 heteroatoms. The number of hydrogen-bond acceptors (Lipinski definition) is 3. The SMILES string of the molecule is Cc1ccc(-c2nc3ccccc3c(C(=O)O)c2N2CCCC2)cc1. The molecular formula is C21H20N2O2. The normalized spacial score (nSPS) is 14.2. The molecule has 1 aromatic heterocycles. The average Bonchev–Trinajstić information content (AvgIpc) is 3.15. The van der Waals surface area contributed by atoms with Crippen LogP contribution in [0.4, 0.5) is 5.69 Å². The van der Waals surface area contributed by atoms with E-state index >= 15 is 0 Å². The van der Waals surface area contributed by atoms with E-state index in [1.54, 1.807) is 0 Å². The summed E-state index contributed by atoms with van der Waals surface area (Å²) in [7, 11) is 0. The van der Waals surface area contributed by atoms with E-state index in [4.69, 9.17) is 4.98 Å². The zero-order valence-electron chi connectivity index (χ0n) is 14.2. The number of aryl methyl sites for hydroxylation is 1. The van der Waals surface area contributed by atoms with Crippen LogP contribution < -0.4 is 4.90 Å². The molecule has 0 atom stereocenters. The van der Waals surface area contributed by atoms with Crippen LogP contribution in [0.25, 0.3) is 22.2 Å². The molecule has 126 valence electrons. The predicted octanol–water partition coefficient (Wildman–Crippen LogP) is 4.51. The standard InChI is InChI=1S/C21H20N2O2/c1-14-8-10-15(11-9-14)19-20(23-12-4-5-13-23)18(21(24)25)16-6-2-3-7-17(16)22-19/h2-3,6-11H,4-5,12-13H2,1H3,(H,24,25). The summed E-state index contributed by atoms with van der Waals surface area (Å²) in [6.45, 7) is 3.79. The summed E-state index contributed by atoms with van der Waals surface area (Å²) >= 11 is 0. The minimum absolute atomic E-state index is 0.364. The minimum Gasteiger partial charge on any atom is -0.478 e. The molecule has 1 N–H and O–H groups in total. The third-order valence-corrected chi connectivity index (χ3v) is 4.83. The van der Waals surface area contributed by atoms with Gasteiger partial charge in [0.1, 0.15) is 0 Å². The maximum absolute atomic E-state index is 12.2. The van der Waals surface area contributed by atoms with Gasteiger partial charge in [0.05, 0.1) is 22.5 Å². The minimum atomic E-state index is -0.895.